The van der Waals surface area contributed by atoms with Crippen molar-refractivity contribution in [3.05, 3.63) is 23.9 Å². The van der Waals surface area contributed by atoms with Crippen LogP contribution >= 0.6 is 0 Å². The molecular formula is C13H15F3N4O4. The third kappa shape index (κ3) is 5.11. The summed E-state index contributed by atoms with van der Waals surface area (Å²) < 4.78 is 38.1. The number of methoxy groups -OCH3 is 1. The van der Waals surface area contributed by atoms with Gasteiger partial charge in [0.25, 0.3) is 0 Å². The lowest BCUT2D eigenvalue weighted by Gasteiger charge is -2.09. The molecule has 0 amide bonds. The predicted molar refractivity (Wildman–Crippen MR) is 76.0 cm³/mol. The van der Waals surface area contributed by atoms with E-state index in [1.807, 2.05) is 25.1 Å². The van der Waals surface area contributed by atoms with Gasteiger partial charge in [-0.15, -0.1) is 5.10 Å². The SMILES string of the molecule is COC(=O)C(C)Cc1cccc2nc(N)nn12.O=C(O)C(F)(F)F. The summed E-state index contributed by atoms with van der Waals surface area (Å²) in [6, 6.07) is 5.57. The monoisotopic (exact) mass is 348 g/mol. The van der Waals surface area contributed by atoms with E-state index in [1.54, 1.807) is 4.52 Å². The van der Waals surface area contributed by atoms with Crippen LogP contribution in [0, 0.1) is 5.92 Å². The Kier molecular flexibility index (Phi) is 6.09. The summed E-state index contributed by atoms with van der Waals surface area (Å²) >= 11 is 0. The molecule has 8 nitrogen and oxygen atoms in total. The number of nitrogen functional groups attached to an aromatic ring is 1. The molecule has 11 heteroatoms. The number of aliphatic carboxylic acids is 1. The molecule has 0 aromatic carbocycles. The average molecular weight is 348 g/mol. The number of rotatable bonds is 3. The van der Waals surface area contributed by atoms with Gasteiger partial charge < -0.3 is 15.6 Å². The molecule has 0 fully saturated rings. The number of aromatic nitrogens is 3. The Morgan fingerprint density at radius 1 is 1.42 bits per heavy atom. The van der Waals surface area contributed by atoms with Gasteiger partial charge in [-0.2, -0.15) is 18.2 Å². The van der Waals surface area contributed by atoms with Gasteiger partial charge in [-0.1, -0.05) is 13.0 Å². The van der Waals surface area contributed by atoms with Crippen LogP contribution in [0.4, 0.5) is 19.1 Å². The van der Waals surface area contributed by atoms with Crippen molar-refractivity contribution in [1.82, 2.24) is 14.6 Å². The van der Waals surface area contributed by atoms with Crippen molar-refractivity contribution in [2.24, 2.45) is 5.92 Å². The molecule has 0 aliphatic carbocycles. The molecule has 1 unspecified atom stereocenters. The van der Waals surface area contributed by atoms with Gasteiger partial charge in [0.2, 0.25) is 5.95 Å². The minimum Gasteiger partial charge on any atom is -0.475 e. The van der Waals surface area contributed by atoms with Gasteiger partial charge in [0.15, 0.2) is 5.65 Å². The molecule has 2 rings (SSSR count). The number of carbonyl (C=O) groups excluding carboxylic acids is 1. The number of anilines is 1. The van der Waals surface area contributed by atoms with Crippen molar-refractivity contribution < 1.29 is 32.6 Å². The van der Waals surface area contributed by atoms with Gasteiger partial charge in [0.1, 0.15) is 0 Å². The number of nitrogens with zero attached hydrogens (tertiary/aromatic N) is 3. The highest BCUT2D eigenvalue weighted by atomic mass is 19.4. The van der Waals surface area contributed by atoms with Crippen molar-refractivity contribution in [2.75, 3.05) is 12.8 Å². The van der Waals surface area contributed by atoms with E-state index in [9.17, 15) is 18.0 Å². The van der Waals surface area contributed by atoms with E-state index in [0.29, 0.717) is 12.1 Å². The first-order chi connectivity index (χ1) is 11.1. The van der Waals surface area contributed by atoms with Crippen LogP contribution in [0.5, 0.6) is 0 Å². The fourth-order valence-electron chi connectivity index (χ4n) is 1.73. The Labute approximate surface area is 134 Å². The van der Waals surface area contributed by atoms with E-state index in [1.165, 1.54) is 7.11 Å². The Bertz CT molecular complexity index is 730. The number of hydrogen-bond donors (Lipinski definition) is 2. The van der Waals surface area contributed by atoms with Gasteiger partial charge >= 0.3 is 18.1 Å². The molecule has 0 bridgehead atoms. The lowest BCUT2D eigenvalue weighted by molar-refractivity contribution is -0.192. The molecule has 24 heavy (non-hydrogen) atoms. The summed E-state index contributed by atoms with van der Waals surface area (Å²) in [6.07, 6.45) is -4.55. The first kappa shape index (κ1) is 19.2. The van der Waals surface area contributed by atoms with Crippen LogP contribution in [0.2, 0.25) is 0 Å². The molecule has 0 saturated heterocycles. The van der Waals surface area contributed by atoms with Crippen LogP contribution in [0.1, 0.15) is 12.6 Å². The maximum Gasteiger partial charge on any atom is 0.490 e. The minimum atomic E-state index is -5.08. The average Bonchev–Trinajstić information content (AvgIpc) is 2.87. The number of nitrogens with two attached hydrogens (primary N) is 1. The van der Waals surface area contributed by atoms with Crippen molar-refractivity contribution in [3.63, 3.8) is 0 Å². The van der Waals surface area contributed by atoms with Crippen molar-refractivity contribution >= 4 is 23.5 Å². The molecular weight excluding hydrogens is 333 g/mol. The summed E-state index contributed by atoms with van der Waals surface area (Å²) in [6.45, 7) is 1.81. The molecule has 2 aromatic heterocycles. The maximum atomic E-state index is 11.4. The number of fused-ring (bicyclic) bond motifs is 1. The summed E-state index contributed by atoms with van der Waals surface area (Å²) in [5, 5.41) is 11.2. The number of esters is 1. The number of carbonyl (C=O) groups is 2. The van der Waals surface area contributed by atoms with E-state index >= 15 is 0 Å². The number of carboxylic acids is 1. The van der Waals surface area contributed by atoms with Crippen LogP contribution in [-0.4, -0.2) is 44.9 Å². The molecule has 0 radical (unpaired) electrons. The summed E-state index contributed by atoms with van der Waals surface area (Å²) in [7, 11) is 1.38. The molecule has 132 valence electrons. The second-order valence-electron chi connectivity index (χ2n) is 4.69. The van der Waals surface area contributed by atoms with Gasteiger partial charge in [-0.05, 0) is 12.1 Å². The van der Waals surface area contributed by atoms with Crippen LogP contribution in [-0.2, 0) is 20.7 Å². The standard InChI is InChI=1S/C11H14N4O2.C2HF3O2/c1-7(10(16)17-2)6-8-4-3-5-9-13-11(12)14-15(8)9;3-2(4,5)1(6)7/h3-5,7H,6H2,1-2H3,(H2,12,14);(H,6,7). The smallest absolute Gasteiger partial charge is 0.475 e. The van der Waals surface area contributed by atoms with Gasteiger partial charge in [0.05, 0.1) is 13.0 Å². The second kappa shape index (κ2) is 7.62. The summed E-state index contributed by atoms with van der Waals surface area (Å²) in [5.74, 6) is -3.00. The largest absolute Gasteiger partial charge is 0.490 e. The fourth-order valence-corrected chi connectivity index (χ4v) is 1.73. The number of pyridine rings is 1. The summed E-state index contributed by atoms with van der Waals surface area (Å²) in [5.41, 5.74) is 7.10. The lowest BCUT2D eigenvalue weighted by Crippen LogP contribution is -2.21. The predicted octanol–water partition coefficient (Wildman–Crippen LogP) is 1.30. The molecule has 0 aliphatic rings. The lowest BCUT2D eigenvalue weighted by atomic mass is 10.1. The zero-order valence-electron chi connectivity index (χ0n) is 12.7. The van der Waals surface area contributed by atoms with Crippen molar-refractivity contribution in [2.45, 2.75) is 19.5 Å². The maximum absolute atomic E-state index is 11.4. The Morgan fingerprint density at radius 3 is 2.50 bits per heavy atom. The van der Waals surface area contributed by atoms with Crippen LogP contribution in [0.3, 0.4) is 0 Å². The second-order valence-corrected chi connectivity index (χ2v) is 4.69. The van der Waals surface area contributed by atoms with Crippen molar-refractivity contribution in [1.29, 1.82) is 0 Å². The number of carboxylic acid groups (broad SMARTS) is 1. The highest BCUT2D eigenvalue weighted by molar-refractivity contribution is 5.73. The highest BCUT2D eigenvalue weighted by Crippen LogP contribution is 2.13. The Hall–Kier alpha value is -2.85. The normalized spacial score (nSPS) is 12.2. The third-order valence-corrected chi connectivity index (χ3v) is 2.82. The quantitative estimate of drug-likeness (QED) is 0.802. The van der Waals surface area contributed by atoms with Gasteiger partial charge in [-0.3, -0.25) is 4.79 Å². The molecule has 2 aromatic rings. The van der Waals surface area contributed by atoms with E-state index in [2.05, 4.69) is 10.1 Å². The number of halogens is 3. The zero-order chi connectivity index (χ0) is 18.5. The van der Waals surface area contributed by atoms with E-state index < -0.39 is 12.1 Å². The van der Waals surface area contributed by atoms with E-state index in [0.717, 1.165) is 5.69 Å². The van der Waals surface area contributed by atoms with Crippen LogP contribution in [0.25, 0.3) is 5.65 Å². The van der Waals surface area contributed by atoms with Crippen LogP contribution in [0.15, 0.2) is 18.2 Å². The third-order valence-electron chi connectivity index (χ3n) is 2.82. The topological polar surface area (TPSA) is 120 Å². The first-order valence-electron chi connectivity index (χ1n) is 6.54. The van der Waals surface area contributed by atoms with Gasteiger partial charge in [0, 0.05) is 12.1 Å². The minimum absolute atomic E-state index is 0.225. The van der Waals surface area contributed by atoms with Crippen molar-refractivity contribution in [3.8, 4) is 0 Å². The van der Waals surface area contributed by atoms with E-state index in [-0.39, 0.29) is 17.8 Å². The van der Waals surface area contributed by atoms with Gasteiger partial charge in [-0.25, -0.2) is 9.31 Å². The fraction of sp³-hybridized carbons (Fsp3) is 0.385. The number of ether oxygens (including phenoxy) is 1. The first-order valence-corrected chi connectivity index (χ1v) is 6.54. The molecule has 0 saturated carbocycles. The molecule has 0 aliphatic heterocycles. The number of hydrogen-bond acceptors (Lipinski definition) is 6. The molecule has 1 atom stereocenters. The Balaban J connectivity index is 0.000000351. The molecule has 2 heterocycles. The molecule has 0 spiro atoms. The zero-order valence-corrected chi connectivity index (χ0v) is 12.7. The Morgan fingerprint density at radius 2 is 2.00 bits per heavy atom. The highest BCUT2D eigenvalue weighted by Gasteiger charge is 2.38. The molecule has 3 N–H and O–H groups in total. The van der Waals surface area contributed by atoms with E-state index in [4.69, 9.17) is 20.4 Å². The number of alkyl halides is 3. The summed E-state index contributed by atoms with van der Waals surface area (Å²) in [4.78, 5) is 24.3. The van der Waals surface area contributed by atoms with Crippen LogP contribution < -0.4 is 5.73 Å².